The lowest BCUT2D eigenvalue weighted by atomic mass is 9.85. The molecule has 2 aromatic rings. The van der Waals surface area contributed by atoms with Gasteiger partial charge in [0.05, 0.1) is 10.6 Å². The summed E-state index contributed by atoms with van der Waals surface area (Å²) in [5.74, 6) is -0.724. The summed E-state index contributed by atoms with van der Waals surface area (Å²) in [6.07, 6.45) is 0.492. The molecule has 1 aromatic carbocycles. The number of para-hydroxylation sites is 1. The summed E-state index contributed by atoms with van der Waals surface area (Å²) in [6.45, 7) is 2.69. The van der Waals surface area contributed by atoms with E-state index < -0.39 is 18.1 Å². The Morgan fingerprint density at radius 2 is 2.00 bits per heavy atom. The number of carbonyl (C=O) groups is 2. The molecule has 0 aliphatic carbocycles. The van der Waals surface area contributed by atoms with Crippen LogP contribution in [0.4, 0.5) is 14.5 Å². The maximum atomic E-state index is 12.9. The Balaban J connectivity index is 1.82. The van der Waals surface area contributed by atoms with Crippen molar-refractivity contribution in [3.05, 3.63) is 45.6 Å². The first-order chi connectivity index (χ1) is 12.7. The van der Waals surface area contributed by atoms with Crippen molar-refractivity contribution >= 4 is 28.8 Å². The maximum Gasteiger partial charge on any atom is 0.387 e. The van der Waals surface area contributed by atoms with Gasteiger partial charge in [-0.15, -0.1) is 11.3 Å². The van der Waals surface area contributed by atoms with Crippen LogP contribution in [0.5, 0.6) is 5.75 Å². The minimum Gasteiger partial charge on any atom is -0.433 e. The summed E-state index contributed by atoms with van der Waals surface area (Å²) >= 11 is 1.34. The molecule has 1 aromatic heterocycles. The number of aryl methyl sites for hydroxylation is 2. The van der Waals surface area contributed by atoms with Crippen LogP contribution >= 0.6 is 11.3 Å². The monoisotopic (exact) mass is 394 g/mol. The van der Waals surface area contributed by atoms with E-state index in [1.807, 2.05) is 18.4 Å². The van der Waals surface area contributed by atoms with Gasteiger partial charge in [-0.25, -0.2) is 0 Å². The fraction of sp³-hybridized carbons (Fsp3) is 0.368. The van der Waals surface area contributed by atoms with E-state index in [1.54, 1.807) is 26.0 Å². The number of benzene rings is 1. The number of thiophene rings is 1. The number of carbonyl (C=O) groups excluding carboxylic acids is 2. The van der Waals surface area contributed by atoms with Crippen LogP contribution in [-0.4, -0.2) is 35.4 Å². The van der Waals surface area contributed by atoms with Crippen molar-refractivity contribution in [2.24, 2.45) is 0 Å². The highest BCUT2D eigenvalue weighted by molar-refractivity contribution is 7.12. The average Bonchev–Trinajstić information content (AvgIpc) is 3.01. The van der Waals surface area contributed by atoms with Crippen LogP contribution in [0.1, 0.15) is 34.1 Å². The minimum absolute atomic E-state index is 0.103. The van der Waals surface area contributed by atoms with Crippen molar-refractivity contribution < 1.29 is 23.1 Å². The lowest BCUT2D eigenvalue weighted by Gasteiger charge is -2.49. The van der Waals surface area contributed by atoms with E-state index in [0.717, 1.165) is 5.56 Å². The van der Waals surface area contributed by atoms with Gasteiger partial charge in [-0.3, -0.25) is 9.59 Å². The highest BCUT2D eigenvalue weighted by atomic mass is 32.1. The number of hydrogen-bond donors (Lipinski definition) is 1. The molecule has 2 amide bonds. The molecule has 0 spiro atoms. The molecule has 1 saturated heterocycles. The van der Waals surface area contributed by atoms with Gasteiger partial charge in [0.1, 0.15) is 11.3 Å². The summed E-state index contributed by atoms with van der Waals surface area (Å²) in [5, 5.41) is 4.52. The fourth-order valence-electron chi connectivity index (χ4n) is 3.08. The van der Waals surface area contributed by atoms with Gasteiger partial charge in [0.15, 0.2) is 0 Å². The Morgan fingerprint density at radius 1 is 1.26 bits per heavy atom. The molecule has 1 N–H and O–H groups in total. The molecule has 5 nitrogen and oxygen atoms in total. The zero-order chi connectivity index (χ0) is 19.8. The van der Waals surface area contributed by atoms with Gasteiger partial charge in [-0.1, -0.05) is 12.1 Å². The highest BCUT2D eigenvalue weighted by Crippen LogP contribution is 2.37. The van der Waals surface area contributed by atoms with E-state index >= 15 is 0 Å². The van der Waals surface area contributed by atoms with Gasteiger partial charge < -0.3 is 15.0 Å². The zero-order valence-corrected chi connectivity index (χ0v) is 16.0. The Labute approximate surface area is 159 Å². The number of hydrogen-bond acceptors (Lipinski definition) is 4. The number of halogens is 2. The smallest absolute Gasteiger partial charge is 0.387 e. The zero-order valence-electron chi connectivity index (χ0n) is 15.2. The summed E-state index contributed by atoms with van der Waals surface area (Å²) in [5.41, 5.74) is 0.607. The summed E-state index contributed by atoms with van der Waals surface area (Å²) in [4.78, 5) is 27.8. The summed E-state index contributed by atoms with van der Waals surface area (Å²) in [6, 6.07) is 6.49. The van der Waals surface area contributed by atoms with Crippen molar-refractivity contribution in [2.75, 3.05) is 11.9 Å². The van der Waals surface area contributed by atoms with Crippen LogP contribution in [0.15, 0.2) is 29.6 Å². The van der Waals surface area contributed by atoms with Gasteiger partial charge in [-0.2, -0.15) is 8.78 Å². The predicted octanol–water partition coefficient (Wildman–Crippen LogP) is 4.21. The SMILES string of the molecule is Cc1ccsc1C(=O)N1CCC1(C)C(=O)Nc1c(C)cccc1OC(F)F. The van der Waals surface area contributed by atoms with Gasteiger partial charge in [-0.05, 0) is 55.8 Å². The van der Waals surface area contributed by atoms with E-state index in [1.165, 1.54) is 22.3 Å². The third-order valence-corrected chi connectivity index (χ3v) is 5.90. The number of likely N-dealkylation sites (tertiary alicyclic amines) is 1. The van der Waals surface area contributed by atoms with Crippen molar-refractivity contribution in [1.82, 2.24) is 4.90 Å². The average molecular weight is 394 g/mol. The minimum atomic E-state index is -3.00. The Kier molecular flexibility index (Phi) is 5.19. The fourth-order valence-corrected chi connectivity index (χ4v) is 3.95. The Bertz CT molecular complexity index is 884. The molecule has 8 heteroatoms. The second-order valence-electron chi connectivity index (χ2n) is 6.69. The van der Waals surface area contributed by atoms with Crippen molar-refractivity contribution in [2.45, 2.75) is 39.3 Å². The second kappa shape index (κ2) is 7.26. The van der Waals surface area contributed by atoms with Crippen LogP contribution in [0, 0.1) is 13.8 Å². The van der Waals surface area contributed by atoms with Crippen molar-refractivity contribution in [1.29, 1.82) is 0 Å². The van der Waals surface area contributed by atoms with E-state index in [0.29, 0.717) is 23.4 Å². The van der Waals surface area contributed by atoms with Crippen LogP contribution in [0.2, 0.25) is 0 Å². The van der Waals surface area contributed by atoms with Gasteiger partial charge >= 0.3 is 6.61 Å². The van der Waals surface area contributed by atoms with E-state index in [2.05, 4.69) is 10.1 Å². The Hall–Kier alpha value is -2.48. The Morgan fingerprint density at radius 3 is 2.56 bits per heavy atom. The molecule has 0 saturated carbocycles. The third kappa shape index (κ3) is 3.53. The molecule has 0 radical (unpaired) electrons. The number of alkyl halides is 2. The van der Waals surface area contributed by atoms with E-state index in [4.69, 9.17) is 0 Å². The number of anilines is 1. The molecule has 1 unspecified atom stereocenters. The molecule has 1 aliphatic rings. The van der Waals surface area contributed by atoms with Crippen LogP contribution < -0.4 is 10.1 Å². The van der Waals surface area contributed by atoms with Gasteiger partial charge in [0, 0.05) is 6.54 Å². The molecular weight excluding hydrogens is 374 g/mol. The molecule has 3 rings (SSSR count). The highest BCUT2D eigenvalue weighted by Gasteiger charge is 2.50. The molecule has 27 heavy (non-hydrogen) atoms. The summed E-state index contributed by atoms with van der Waals surface area (Å²) in [7, 11) is 0. The lowest BCUT2D eigenvalue weighted by Crippen LogP contribution is -2.66. The van der Waals surface area contributed by atoms with Crippen LogP contribution in [0.3, 0.4) is 0 Å². The normalized spacial score (nSPS) is 19.0. The molecular formula is C19H20F2N2O3S. The first kappa shape index (κ1) is 19.3. The lowest BCUT2D eigenvalue weighted by molar-refractivity contribution is -0.132. The molecule has 1 atom stereocenters. The first-order valence-corrected chi connectivity index (χ1v) is 9.34. The van der Waals surface area contributed by atoms with Gasteiger partial charge in [0.25, 0.3) is 5.91 Å². The second-order valence-corrected chi connectivity index (χ2v) is 7.61. The molecule has 2 heterocycles. The van der Waals surface area contributed by atoms with Gasteiger partial charge in [0.2, 0.25) is 5.91 Å². The maximum absolute atomic E-state index is 12.9. The molecule has 144 valence electrons. The van der Waals surface area contributed by atoms with E-state index in [9.17, 15) is 18.4 Å². The van der Waals surface area contributed by atoms with Crippen molar-refractivity contribution in [3.8, 4) is 5.75 Å². The largest absolute Gasteiger partial charge is 0.433 e. The molecule has 0 bridgehead atoms. The summed E-state index contributed by atoms with van der Waals surface area (Å²) < 4.78 is 29.8. The predicted molar refractivity (Wildman–Crippen MR) is 99.6 cm³/mol. The van der Waals surface area contributed by atoms with Crippen LogP contribution in [0.25, 0.3) is 0 Å². The number of nitrogens with one attached hydrogen (secondary N) is 1. The molecule has 1 aliphatic heterocycles. The standard InChI is InChI=1S/C19H20F2N2O3S/c1-11-5-4-6-13(26-18(20)21)14(11)22-17(25)19(3)8-9-23(19)16(24)15-12(2)7-10-27-15/h4-7,10,18H,8-9H2,1-3H3,(H,22,25). The third-order valence-electron chi connectivity index (χ3n) is 4.90. The number of rotatable bonds is 5. The van der Waals surface area contributed by atoms with Crippen molar-refractivity contribution in [3.63, 3.8) is 0 Å². The number of nitrogens with zero attached hydrogens (tertiary/aromatic N) is 1. The first-order valence-electron chi connectivity index (χ1n) is 8.46. The topological polar surface area (TPSA) is 58.6 Å². The number of amides is 2. The van der Waals surface area contributed by atoms with Crippen LogP contribution in [-0.2, 0) is 4.79 Å². The quantitative estimate of drug-likeness (QED) is 0.827. The number of ether oxygens (including phenoxy) is 1. The molecule has 1 fully saturated rings. The van der Waals surface area contributed by atoms with E-state index in [-0.39, 0.29) is 17.3 Å².